The summed E-state index contributed by atoms with van der Waals surface area (Å²) in [5.41, 5.74) is 1.68. The van der Waals surface area contributed by atoms with Gasteiger partial charge in [-0.25, -0.2) is 12.4 Å². The largest absolute Gasteiger partial charge is 0.324 e. The second-order valence-electron chi connectivity index (χ2n) is 6.40. The van der Waals surface area contributed by atoms with E-state index in [0.717, 1.165) is 5.56 Å². The van der Waals surface area contributed by atoms with Gasteiger partial charge in [0.05, 0.1) is 16.3 Å². The quantitative estimate of drug-likeness (QED) is 0.621. The van der Waals surface area contributed by atoms with Crippen LogP contribution in [0.25, 0.3) is 0 Å². The molecule has 0 N–H and O–H groups in total. The molecule has 0 aliphatic carbocycles. The number of hydrogen-bond acceptors (Lipinski definition) is 5. The standard InChI is InChI=1S/C20H19N3O3S2/c24-19-15-27-20(22(19)14-10-16-8-11-21-12-9-16)18-7-4-13-23(18)28(25,26)17-5-2-1-3-6-17/h1-9,11-13,20H,10,14-15H2. The van der Waals surface area contributed by atoms with Crippen molar-refractivity contribution in [2.45, 2.75) is 16.7 Å². The van der Waals surface area contributed by atoms with Crippen molar-refractivity contribution < 1.29 is 13.2 Å². The van der Waals surface area contributed by atoms with Gasteiger partial charge in [-0.1, -0.05) is 18.2 Å². The fourth-order valence-electron chi connectivity index (χ4n) is 3.24. The molecule has 1 aliphatic rings. The molecule has 0 bridgehead atoms. The van der Waals surface area contributed by atoms with Gasteiger partial charge in [0.15, 0.2) is 0 Å². The summed E-state index contributed by atoms with van der Waals surface area (Å²) in [6.45, 7) is 0.525. The minimum absolute atomic E-state index is 0.0221. The summed E-state index contributed by atoms with van der Waals surface area (Å²) >= 11 is 1.46. The zero-order valence-corrected chi connectivity index (χ0v) is 16.6. The zero-order valence-electron chi connectivity index (χ0n) is 15.0. The first-order valence-electron chi connectivity index (χ1n) is 8.85. The Bertz CT molecular complexity index is 1070. The maximum absolute atomic E-state index is 13.1. The molecule has 0 spiro atoms. The van der Waals surface area contributed by atoms with Crippen LogP contribution in [-0.2, 0) is 21.2 Å². The second kappa shape index (κ2) is 7.81. The fourth-order valence-corrected chi connectivity index (χ4v) is 5.93. The fraction of sp³-hybridized carbons (Fsp3) is 0.200. The highest BCUT2D eigenvalue weighted by Crippen LogP contribution is 2.39. The monoisotopic (exact) mass is 413 g/mol. The molecule has 3 heterocycles. The molecular weight excluding hydrogens is 394 g/mol. The highest BCUT2D eigenvalue weighted by molar-refractivity contribution is 8.00. The third-order valence-electron chi connectivity index (χ3n) is 4.65. The van der Waals surface area contributed by atoms with Crippen LogP contribution in [0.15, 0.2) is 78.1 Å². The van der Waals surface area contributed by atoms with Gasteiger partial charge in [-0.3, -0.25) is 9.78 Å². The lowest BCUT2D eigenvalue weighted by Gasteiger charge is -2.25. The topological polar surface area (TPSA) is 72.3 Å². The number of thioether (sulfide) groups is 1. The number of benzene rings is 1. The Morgan fingerprint density at radius 3 is 2.54 bits per heavy atom. The summed E-state index contributed by atoms with van der Waals surface area (Å²) in [6, 6.07) is 15.7. The molecule has 1 fully saturated rings. The molecular formula is C20H19N3O3S2. The van der Waals surface area contributed by atoms with Gasteiger partial charge in [0.25, 0.3) is 10.0 Å². The molecule has 1 unspecified atom stereocenters. The predicted octanol–water partition coefficient (Wildman–Crippen LogP) is 2.94. The van der Waals surface area contributed by atoms with Crippen molar-refractivity contribution >= 4 is 27.7 Å². The molecule has 1 saturated heterocycles. The summed E-state index contributed by atoms with van der Waals surface area (Å²) in [4.78, 5) is 18.5. The van der Waals surface area contributed by atoms with E-state index in [2.05, 4.69) is 4.98 Å². The van der Waals surface area contributed by atoms with E-state index in [9.17, 15) is 13.2 Å². The van der Waals surface area contributed by atoms with Crippen LogP contribution < -0.4 is 0 Å². The first kappa shape index (κ1) is 18.8. The zero-order chi connectivity index (χ0) is 19.6. The van der Waals surface area contributed by atoms with Gasteiger partial charge in [0.1, 0.15) is 5.37 Å². The molecule has 2 aromatic heterocycles. The van der Waals surface area contributed by atoms with Gasteiger partial charge in [0.2, 0.25) is 5.91 Å². The predicted molar refractivity (Wildman–Crippen MR) is 108 cm³/mol. The van der Waals surface area contributed by atoms with Crippen LogP contribution in [-0.4, -0.2) is 40.5 Å². The van der Waals surface area contributed by atoms with Crippen molar-refractivity contribution in [2.75, 3.05) is 12.3 Å². The Kier molecular flexibility index (Phi) is 5.23. The van der Waals surface area contributed by atoms with Crippen LogP contribution in [0.2, 0.25) is 0 Å². The lowest BCUT2D eigenvalue weighted by molar-refractivity contribution is -0.128. The molecule has 144 valence electrons. The van der Waals surface area contributed by atoms with Crippen molar-refractivity contribution in [3.8, 4) is 0 Å². The molecule has 4 rings (SSSR count). The summed E-state index contributed by atoms with van der Waals surface area (Å²) in [6.07, 6.45) is 5.69. The molecule has 28 heavy (non-hydrogen) atoms. The van der Waals surface area contributed by atoms with Gasteiger partial charge in [-0.15, -0.1) is 11.8 Å². The highest BCUT2D eigenvalue weighted by Gasteiger charge is 2.36. The van der Waals surface area contributed by atoms with Crippen LogP contribution in [0.4, 0.5) is 0 Å². The number of aromatic nitrogens is 2. The first-order chi connectivity index (χ1) is 13.6. The molecule has 0 radical (unpaired) electrons. The molecule has 1 atom stereocenters. The lowest BCUT2D eigenvalue weighted by atomic mass is 10.2. The minimum Gasteiger partial charge on any atom is -0.324 e. The van der Waals surface area contributed by atoms with Crippen LogP contribution >= 0.6 is 11.8 Å². The van der Waals surface area contributed by atoms with E-state index in [4.69, 9.17) is 0 Å². The number of carbonyl (C=O) groups excluding carboxylic acids is 1. The van der Waals surface area contributed by atoms with Crippen molar-refractivity contribution in [1.82, 2.24) is 13.9 Å². The van der Waals surface area contributed by atoms with Crippen LogP contribution in [0.1, 0.15) is 16.6 Å². The molecule has 0 saturated carbocycles. The van der Waals surface area contributed by atoms with E-state index >= 15 is 0 Å². The lowest BCUT2D eigenvalue weighted by Crippen LogP contribution is -2.32. The summed E-state index contributed by atoms with van der Waals surface area (Å²) < 4.78 is 27.5. The number of pyridine rings is 1. The SMILES string of the molecule is O=C1CSC(c2cccn2S(=O)(=O)c2ccccc2)N1CCc1ccncc1. The molecule has 1 amide bonds. The Hall–Kier alpha value is -2.58. The number of rotatable bonds is 6. The number of carbonyl (C=O) groups is 1. The average Bonchev–Trinajstić information content (AvgIpc) is 3.35. The van der Waals surface area contributed by atoms with Crippen molar-refractivity contribution in [1.29, 1.82) is 0 Å². The van der Waals surface area contributed by atoms with Gasteiger partial charge in [-0.2, -0.15) is 0 Å². The Labute approximate surface area is 168 Å². The Morgan fingerprint density at radius 1 is 1.04 bits per heavy atom. The average molecular weight is 414 g/mol. The van der Waals surface area contributed by atoms with E-state index in [0.29, 0.717) is 24.4 Å². The van der Waals surface area contributed by atoms with E-state index in [1.165, 1.54) is 15.7 Å². The summed E-state index contributed by atoms with van der Waals surface area (Å²) in [5, 5.41) is -0.331. The summed E-state index contributed by atoms with van der Waals surface area (Å²) in [5.74, 6) is 0.367. The molecule has 8 heteroatoms. The smallest absolute Gasteiger partial charge is 0.267 e. The normalized spacial score (nSPS) is 17.2. The maximum Gasteiger partial charge on any atom is 0.267 e. The minimum atomic E-state index is -3.71. The van der Waals surface area contributed by atoms with Crippen molar-refractivity contribution in [3.63, 3.8) is 0 Å². The third-order valence-corrected chi connectivity index (χ3v) is 7.60. The Balaban J connectivity index is 1.62. The number of nitrogens with zero attached hydrogens (tertiary/aromatic N) is 3. The maximum atomic E-state index is 13.1. The first-order valence-corrected chi connectivity index (χ1v) is 11.3. The van der Waals surface area contributed by atoms with E-state index < -0.39 is 10.0 Å². The highest BCUT2D eigenvalue weighted by atomic mass is 32.2. The molecule has 1 aromatic carbocycles. The van der Waals surface area contributed by atoms with Gasteiger partial charge >= 0.3 is 0 Å². The van der Waals surface area contributed by atoms with Gasteiger partial charge < -0.3 is 4.90 Å². The van der Waals surface area contributed by atoms with Crippen molar-refractivity contribution in [2.24, 2.45) is 0 Å². The molecule has 1 aliphatic heterocycles. The van der Waals surface area contributed by atoms with Crippen LogP contribution in [0, 0.1) is 0 Å². The van der Waals surface area contributed by atoms with Crippen LogP contribution in [0.5, 0.6) is 0 Å². The van der Waals surface area contributed by atoms with Crippen LogP contribution in [0.3, 0.4) is 0 Å². The van der Waals surface area contributed by atoms with Gasteiger partial charge in [0, 0.05) is 25.1 Å². The number of amides is 1. The molecule has 3 aromatic rings. The van der Waals surface area contributed by atoms with E-state index in [-0.39, 0.29) is 16.2 Å². The van der Waals surface area contributed by atoms with Gasteiger partial charge in [-0.05, 0) is 48.4 Å². The Morgan fingerprint density at radius 2 is 1.79 bits per heavy atom. The number of hydrogen-bond donors (Lipinski definition) is 0. The van der Waals surface area contributed by atoms with E-state index in [1.54, 1.807) is 66.0 Å². The summed E-state index contributed by atoms with van der Waals surface area (Å²) in [7, 11) is -3.71. The third kappa shape index (κ3) is 3.57. The molecule has 6 nitrogen and oxygen atoms in total. The van der Waals surface area contributed by atoms with E-state index in [1.807, 2.05) is 12.1 Å². The van der Waals surface area contributed by atoms with Crippen molar-refractivity contribution in [3.05, 3.63) is 84.4 Å². The second-order valence-corrected chi connectivity index (χ2v) is 9.29.